The Hall–Kier alpha value is -0.960. The molecule has 24 heavy (non-hydrogen) atoms. The maximum atomic E-state index is 12.5. The van der Waals surface area contributed by atoms with Crippen molar-refractivity contribution >= 4 is 27.3 Å². The molecule has 1 aliphatic rings. The maximum Gasteiger partial charge on any atom is 0.252 e. The molecular weight excluding hydrogens is 346 g/mol. The smallest absolute Gasteiger partial charge is 0.252 e. The summed E-state index contributed by atoms with van der Waals surface area (Å²) in [5, 5.41) is 6.22. The third-order valence-corrected chi connectivity index (χ3v) is 7.98. The van der Waals surface area contributed by atoms with Crippen molar-refractivity contribution in [2.24, 2.45) is 5.92 Å². The average molecular weight is 374 g/mol. The number of rotatable bonds is 8. The van der Waals surface area contributed by atoms with Gasteiger partial charge in [-0.15, -0.1) is 11.3 Å². The van der Waals surface area contributed by atoms with Crippen LogP contribution in [0, 0.1) is 5.92 Å². The van der Waals surface area contributed by atoms with Crippen LogP contribution in [0.4, 0.5) is 0 Å². The van der Waals surface area contributed by atoms with E-state index in [0.29, 0.717) is 30.3 Å². The summed E-state index contributed by atoms with van der Waals surface area (Å²) in [6.07, 6.45) is 2.43. The molecular formula is C16H27N3O3S2. The van der Waals surface area contributed by atoms with Crippen LogP contribution < -0.4 is 10.6 Å². The number of hydrogen-bond acceptors (Lipinski definition) is 5. The standard InChI is InChI=1S/C16H27N3O3S2/c1-3-19(4-2)24(21,22)15-6-5-14(23-15)9-12-18-16(20)13-7-10-17-11-8-13/h5-6,13,17H,3-4,7-12H2,1-2H3,(H,18,20). The van der Waals surface area contributed by atoms with Gasteiger partial charge in [0.25, 0.3) is 10.0 Å². The average Bonchev–Trinajstić information content (AvgIpc) is 3.06. The lowest BCUT2D eigenvalue weighted by Gasteiger charge is -2.21. The minimum Gasteiger partial charge on any atom is -0.355 e. The van der Waals surface area contributed by atoms with Gasteiger partial charge in [0, 0.05) is 30.4 Å². The van der Waals surface area contributed by atoms with Crippen molar-refractivity contribution in [1.82, 2.24) is 14.9 Å². The zero-order chi connectivity index (χ0) is 17.6. The Balaban J connectivity index is 1.86. The first-order chi connectivity index (χ1) is 11.5. The lowest BCUT2D eigenvalue weighted by atomic mass is 9.97. The second kappa shape index (κ2) is 8.94. The van der Waals surface area contributed by atoms with Gasteiger partial charge in [-0.25, -0.2) is 8.42 Å². The zero-order valence-corrected chi connectivity index (χ0v) is 16.0. The first-order valence-corrected chi connectivity index (χ1v) is 10.8. The van der Waals surface area contributed by atoms with E-state index in [0.717, 1.165) is 30.8 Å². The molecule has 1 aromatic heterocycles. The van der Waals surface area contributed by atoms with Gasteiger partial charge in [-0.2, -0.15) is 4.31 Å². The second-order valence-corrected chi connectivity index (χ2v) is 9.21. The quantitative estimate of drug-likeness (QED) is 0.723. The third-order valence-electron chi connectivity index (χ3n) is 4.32. The van der Waals surface area contributed by atoms with E-state index in [9.17, 15) is 13.2 Å². The third kappa shape index (κ3) is 4.78. The van der Waals surface area contributed by atoms with Crippen LogP contribution in [-0.4, -0.2) is 51.4 Å². The van der Waals surface area contributed by atoms with E-state index in [1.807, 2.05) is 19.9 Å². The molecule has 0 spiro atoms. The number of nitrogens with zero attached hydrogens (tertiary/aromatic N) is 1. The van der Waals surface area contributed by atoms with Gasteiger partial charge in [0.15, 0.2) is 0 Å². The van der Waals surface area contributed by atoms with Crippen LogP contribution in [0.2, 0.25) is 0 Å². The molecule has 2 heterocycles. The fourth-order valence-corrected chi connectivity index (χ4v) is 5.83. The molecule has 136 valence electrons. The number of carbonyl (C=O) groups is 1. The molecule has 0 saturated carbocycles. The van der Waals surface area contributed by atoms with Crippen molar-refractivity contribution in [1.29, 1.82) is 0 Å². The topological polar surface area (TPSA) is 78.5 Å². The van der Waals surface area contributed by atoms with Crippen molar-refractivity contribution in [3.63, 3.8) is 0 Å². The molecule has 0 radical (unpaired) electrons. The summed E-state index contributed by atoms with van der Waals surface area (Å²) in [4.78, 5) is 13.1. The highest BCUT2D eigenvalue weighted by Crippen LogP contribution is 2.25. The number of amides is 1. The molecule has 1 amide bonds. The molecule has 2 N–H and O–H groups in total. The summed E-state index contributed by atoms with van der Waals surface area (Å²) in [6, 6.07) is 3.51. The SMILES string of the molecule is CCN(CC)S(=O)(=O)c1ccc(CCNC(=O)C2CCNCC2)s1. The molecule has 1 aliphatic heterocycles. The molecule has 0 aromatic carbocycles. The number of thiophene rings is 1. The second-order valence-electron chi connectivity index (χ2n) is 5.88. The molecule has 1 fully saturated rings. The fraction of sp³-hybridized carbons (Fsp3) is 0.688. The minimum absolute atomic E-state index is 0.105. The summed E-state index contributed by atoms with van der Waals surface area (Å²) in [5.41, 5.74) is 0. The summed E-state index contributed by atoms with van der Waals surface area (Å²) < 4.78 is 26.8. The Morgan fingerprint density at radius 1 is 1.29 bits per heavy atom. The zero-order valence-electron chi connectivity index (χ0n) is 14.4. The van der Waals surface area contributed by atoms with Crippen molar-refractivity contribution in [3.05, 3.63) is 17.0 Å². The van der Waals surface area contributed by atoms with Gasteiger partial charge in [0.05, 0.1) is 0 Å². The van der Waals surface area contributed by atoms with Gasteiger partial charge in [-0.05, 0) is 44.5 Å². The monoisotopic (exact) mass is 373 g/mol. The van der Waals surface area contributed by atoms with Crippen LogP contribution in [0.15, 0.2) is 16.3 Å². The van der Waals surface area contributed by atoms with Crippen molar-refractivity contribution in [2.75, 3.05) is 32.7 Å². The highest BCUT2D eigenvalue weighted by atomic mass is 32.2. The predicted octanol–water partition coefficient (Wildman–Crippen LogP) is 1.44. The van der Waals surface area contributed by atoms with Gasteiger partial charge in [0.1, 0.15) is 4.21 Å². The van der Waals surface area contributed by atoms with Crippen LogP contribution in [0.5, 0.6) is 0 Å². The first-order valence-electron chi connectivity index (χ1n) is 8.56. The Morgan fingerprint density at radius 3 is 2.58 bits per heavy atom. The van der Waals surface area contributed by atoms with Crippen LogP contribution in [0.3, 0.4) is 0 Å². The minimum atomic E-state index is -3.38. The summed E-state index contributed by atoms with van der Waals surface area (Å²) >= 11 is 1.30. The molecule has 8 heteroatoms. The Morgan fingerprint density at radius 2 is 1.96 bits per heavy atom. The van der Waals surface area contributed by atoms with Crippen molar-refractivity contribution in [2.45, 2.75) is 37.3 Å². The van der Waals surface area contributed by atoms with Crippen LogP contribution in [0.25, 0.3) is 0 Å². The van der Waals surface area contributed by atoms with Gasteiger partial charge in [-0.1, -0.05) is 13.8 Å². The first kappa shape index (κ1) is 19.4. The number of hydrogen-bond donors (Lipinski definition) is 2. The number of piperidine rings is 1. The lowest BCUT2D eigenvalue weighted by Crippen LogP contribution is -2.38. The van der Waals surface area contributed by atoms with E-state index in [1.165, 1.54) is 15.6 Å². The summed E-state index contributed by atoms with van der Waals surface area (Å²) in [6.45, 7) is 6.97. The van der Waals surface area contributed by atoms with Crippen molar-refractivity contribution < 1.29 is 13.2 Å². The normalized spacial score (nSPS) is 16.5. The molecule has 0 unspecified atom stereocenters. The number of carbonyl (C=O) groups excluding carboxylic acids is 1. The Bertz CT molecular complexity index is 633. The molecule has 0 bridgehead atoms. The molecule has 0 atom stereocenters. The summed E-state index contributed by atoms with van der Waals surface area (Å²) in [5.74, 6) is 0.220. The molecule has 2 rings (SSSR count). The van der Waals surface area contributed by atoms with Crippen LogP contribution >= 0.6 is 11.3 Å². The largest absolute Gasteiger partial charge is 0.355 e. The van der Waals surface area contributed by atoms with E-state index >= 15 is 0 Å². The highest BCUT2D eigenvalue weighted by molar-refractivity contribution is 7.91. The van der Waals surface area contributed by atoms with E-state index in [-0.39, 0.29) is 11.8 Å². The Labute approximate surface area is 148 Å². The molecule has 1 aromatic rings. The fourth-order valence-electron chi connectivity index (χ4n) is 2.86. The van der Waals surface area contributed by atoms with Crippen molar-refractivity contribution in [3.8, 4) is 0 Å². The van der Waals surface area contributed by atoms with Crippen LogP contribution in [0.1, 0.15) is 31.6 Å². The molecule has 1 saturated heterocycles. The predicted molar refractivity (Wildman–Crippen MR) is 96.7 cm³/mol. The van der Waals surface area contributed by atoms with E-state index in [4.69, 9.17) is 0 Å². The number of sulfonamides is 1. The van der Waals surface area contributed by atoms with Gasteiger partial charge >= 0.3 is 0 Å². The van der Waals surface area contributed by atoms with E-state index in [2.05, 4.69) is 10.6 Å². The Kier molecular flexibility index (Phi) is 7.21. The van der Waals surface area contributed by atoms with E-state index < -0.39 is 10.0 Å². The van der Waals surface area contributed by atoms with E-state index in [1.54, 1.807) is 6.07 Å². The molecule has 6 nitrogen and oxygen atoms in total. The maximum absolute atomic E-state index is 12.5. The molecule has 0 aliphatic carbocycles. The number of nitrogens with one attached hydrogen (secondary N) is 2. The van der Waals surface area contributed by atoms with Gasteiger partial charge < -0.3 is 10.6 Å². The highest BCUT2D eigenvalue weighted by Gasteiger charge is 2.24. The summed E-state index contributed by atoms with van der Waals surface area (Å²) in [7, 11) is -3.38. The van der Waals surface area contributed by atoms with Gasteiger partial charge in [0.2, 0.25) is 5.91 Å². The van der Waals surface area contributed by atoms with Crippen LogP contribution in [-0.2, 0) is 21.2 Å². The van der Waals surface area contributed by atoms with Gasteiger partial charge in [-0.3, -0.25) is 4.79 Å². The lowest BCUT2D eigenvalue weighted by molar-refractivity contribution is -0.125.